The first-order valence-corrected chi connectivity index (χ1v) is 4.83. The largest absolute Gasteiger partial charge is 0.392 e. The Labute approximate surface area is 90.7 Å². The molecule has 1 heterocycles. The fourth-order valence-corrected chi connectivity index (χ4v) is 1.82. The third kappa shape index (κ3) is 2.47. The fraction of sp³-hybridized carbons (Fsp3) is 0.455. The van der Waals surface area contributed by atoms with Gasteiger partial charge in [-0.3, -0.25) is 0 Å². The summed E-state index contributed by atoms with van der Waals surface area (Å²) in [6.07, 6.45) is 2.50. The van der Waals surface area contributed by atoms with Crippen molar-refractivity contribution in [3.8, 4) is 0 Å². The normalized spacial score (nSPS) is 20.5. The number of hydrogen-bond acceptors (Lipinski definition) is 2. The van der Waals surface area contributed by atoms with Crippen LogP contribution in [0.1, 0.15) is 30.0 Å². The predicted molar refractivity (Wildman–Crippen MR) is 59.6 cm³/mol. The van der Waals surface area contributed by atoms with Crippen molar-refractivity contribution in [2.75, 3.05) is 6.54 Å². The van der Waals surface area contributed by atoms with E-state index in [0.29, 0.717) is 6.04 Å². The highest BCUT2D eigenvalue weighted by Gasteiger charge is 2.15. The molecule has 1 aromatic carbocycles. The summed E-state index contributed by atoms with van der Waals surface area (Å²) < 4.78 is 0. The molecule has 1 saturated heterocycles. The maximum atomic E-state index is 8.88. The average Bonchev–Trinajstić information content (AvgIpc) is 2.71. The second-order valence-electron chi connectivity index (χ2n) is 3.55. The van der Waals surface area contributed by atoms with Gasteiger partial charge in [-0.15, -0.1) is 12.4 Å². The van der Waals surface area contributed by atoms with Gasteiger partial charge in [0.15, 0.2) is 0 Å². The van der Waals surface area contributed by atoms with Gasteiger partial charge in [-0.1, -0.05) is 24.3 Å². The molecule has 2 nitrogen and oxygen atoms in total. The number of hydrogen-bond donors (Lipinski definition) is 2. The van der Waals surface area contributed by atoms with E-state index in [0.717, 1.165) is 12.1 Å². The number of aliphatic hydroxyl groups excluding tert-OH is 1. The summed E-state index contributed by atoms with van der Waals surface area (Å²) >= 11 is 0. The Bertz CT molecular complexity index is 267. The molecule has 0 radical (unpaired) electrons. The molecule has 0 unspecified atom stereocenters. The molecule has 3 heteroatoms. The Balaban J connectivity index is 0.000000980. The zero-order valence-corrected chi connectivity index (χ0v) is 8.89. The average molecular weight is 214 g/mol. The van der Waals surface area contributed by atoms with Gasteiger partial charge >= 0.3 is 0 Å². The summed E-state index contributed by atoms with van der Waals surface area (Å²) in [5, 5.41) is 12.3. The lowest BCUT2D eigenvalue weighted by molar-refractivity contribution is 0.282. The first-order valence-electron chi connectivity index (χ1n) is 4.83. The first-order chi connectivity index (χ1) is 6.40. The van der Waals surface area contributed by atoms with Gasteiger partial charge in [-0.05, 0) is 30.5 Å². The van der Waals surface area contributed by atoms with E-state index in [1.165, 1.54) is 18.4 Å². The number of rotatable bonds is 2. The van der Waals surface area contributed by atoms with Crippen molar-refractivity contribution in [2.45, 2.75) is 25.5 Å². The Morgan fingerprint density at radius 2 is 2.00 bits per heavy atom. The van der Waals surface area contributed by atoms with Crippen LogP contribution in [-0.2, 0) is 6.61 Å². The summed E-state index contributed by atoms with van der Waals surface area (Å²) in [5.74, 6) is 0. The second-order valence-corrected chi connectivity index (χ2v) is 3.55. The van der Waals surface area contributed by atoms with E-state index in [1.54, 1.807) is 0 Å². The molecule has 1 aliphatic heterocycles. The molecule has 14 heavy (non-hydrogen) atoms. The molecule has 1 aromatic rings. The van der Waals surface area contributed by atoms with Crippen LogP contribution in [0.25, 0.3) is 0 Å². The molecule has 1 aliphatic rings. The van der Waals surface area contributed by atoms with Crippen LogP contribution < -0.4 is 5.32 Å². The fourth-order valence-electron chi connectivity index (χ4n) is 1.82. The molecule has 78 valence electrons. The molecule has 0 bridgehead atoms. The summed E-state index contributed by atoms with van der Waals surface area (Å²) in [6, 6.07) is 8.74. The molecular weight excluding hydrogens is 198 g/mol. The van der Waals surface area contributed by atoms with Crippen LogP contribution in [0.3, 0.4) is 0 Å². The van der Waals surface area contributed by atoms with Crippen molar-refractivity contribution in [1.29, 1.82) is 0 Å². The quantitative estimate of drug-likeness (QED) is 0.788. The van der Waals surface area contributed by atoms with Gasteiger partial charge in [0.1, 0.15) is 0 Å². The third-order valence-corrected chi connectivity index (χ3v) is 2.62. The summed E-state index contributed by atoms with van der Waals surface area (Å²) in [6.45, 7) is 1.27. The van der Waals surface area contributed by atoms with Gasteiger partial charge in [0.25, 0.3) is 0 Å². The lowest BCUT2D eigenvalue weighted by atomic mass is 10.0. The molecular formula is C11H16ClNO. The van der Waals surface area contributed by atoms with Crippen molar-refractivity contribution in [1.82, 2.24) is 5.32 Å². The van der Waals surface area contributed by atoms with Gasteiger partial charge in [0.05, 0.1) is 6.61 Å². The van der Waals surface area contributed by atoms with Crippen molar-refractivity contribution >= 4 is 12.4 Å². The summed E-state index contributed by atoms with van der Waals surface area (Å²) in [4.78, 5) is 0. The van der Waals surface area contributed by atoms with Crippen LogP contribution in [-0.4, -0.2) is 11.7 Å². The van der Waals surface area contributed by atoms with E-state index < -0.39 is 0 Å². The zero-order valence-electron chi connectivity index (χ0n) is 8.07. The molecule has 2 N–H and O–H groups in total. The minimum Gasteiger partial charge on any atom is -0.392 e. The van der Waals surface area contributed by atoms with Crippen LogP contribution in [0.5, 0.6) is 0 Å². The van der Waals surface area contributed by atoms with E-state index in [4.69, 9.17) is 5.11 Å². The standard InChI is InChI=1S/C11H15NO.ClH/c13-8-9-3-5-10(6-4-9)11-2-1-7-12-11;/h3-6,11-13H,1-2,7-8H2;1H/t11-;/m1./s1. The Morgan fingerprint density at radius 3 is 2.50 bits per heavy atom. The Morgan fingerprint density at radius 1 is 1.29 bits per heavy atom. The lowest BCUT2D eigenvalue weighted by Crippen LogP contribution is -2.12. The smallest absolute Gasteiger partial charge is 0.0681 e. The SMILES string of the molecule is Cl.OCc1ccc([C@H]2CCCN2)cc1. The van der Waals surface area contributed by atoms with Crippen LogP contribution in [0.2, 0.25) is 0 Å². The van der Waals surface area contributed by atoms with E-state index in [2.05, 4.69) is 17.4 Å². The highest BCUT2D eigenvalue weighted by molar-refractivity contribution is 5.85. The second kappa shape index (κ2) is 5.35. The monoisotopic (exact) mass is 213 g/mol. The highest BCUT2D eigenvalue weighted by atomic mass is 35.5. The minimum absolute atomic E-state index is 0. The van der Waals surface area contributed by atoms with E-state index in [-0.39, 0.29) is 19.0 Å². The number of halogens is 1. The van der Waals surface area contributed by atoms with Crippen LogP contribution in [0.4, 0.5) is 0 Å². The summed E-state index contributed by atoms with van der Waals surface area (Å²) in [7, 11) is 0. The molecule has 0 saturated carbocycles. The number of nitrogens with one attached hydrogen (secondary N) is 1. The molecule has 2 rings (SSSR count). The van der Waals surface area contributed by atoms with Gasteiger partial charge in [-0.2, -0.15) is 0 Å². The van der Waals surface area contributed by atoms with Crippen LogP contribution >= 0.6 is 12.4 Å². The topological polar surface area (TPSA) is 32.3 Å². The van der Waals surface area contributed by atoms with Gasteiger partial charge in [0.2, 0.25) is 0 Å². The van der Waals surface area contributed by atoms with Crippen molar-refractivity contribution in [2.24, 2.45) is 0 Å². The molecule has 0 aromatic heterocycles. The molecule has 0 amide bonds. The van der Waals surface area contributed by atoms with E-state index in [1.807, 2.05) is 12.1 Å². The first kappa shape index (κ1) is 11.5. The minimum atomic E-state index is 0. The lowest BCUT2D eigenvalue weighted by Gasteiger charge is -2.10. The highest BCUT2D eigenvalue weighted by Crippen LogP contribution is 2.22. The zero-order chi connectivity index (χ0) is 9.10. The van der Waals surface area contributed by atoms with Crippen molar-refractivity contribution < 1.29 is 5.11 Å². The van der Waals surface area contributed by atoms with E-state index in [9.17, 15) is 0 Å². The number of aliphatic hydroxyl groups is 1. The summed E-state index contributed by atoms with van der Waals surface area (Å²) in [5.41, 5.74) is 2.33. The molecule has 0 spiro atoms. The van der Waals surface area contributed by atoms with E-state index >= 15 is 0 Å². The maximum absolute atomic E-state index is 8.88. The van der Waals surface area contributed by atoms with Gasteiger partial charge in [-0.25, -0.2) is 0 Å². The third-order valence-electron chi connectivity index (χ3n) is 2.62. The Kier molecular flexibility index (Phi) is 4.39. The molecule has 1 atom stereocenters. The van der Waals surface area contributed by atoms with Crippen molar-refractivity contribution in [3.63, 3.8) is 0 Å². The predicted octanol–water partition coefficient (Wildman–Crippen LogP) is 2.03. The van der Waals surface area contributed by atoms with Gasteiger partial charge in [0, 0.05) is 6.04 Å². The maximum Gasteiger partial charge on any atom is 0.0681 e. The Hall–Kier alpha value is -0.570. The molecule has 0 aliphatic carbocycles. The number of benzene rings is 1. The van der Waals surface area contributed by atoms with Crippen LogP contribution in [0, 0.1) is 0 Å². The molecule has 1 fully saturated rings. The van der Waals surface area contributed by atoms with Crippen LogP contribution in [0.15, 0.2) is 24.3 Å². The van der Waals surface area contributed by atoms with Gasteiger partial charge < -0.3 is 10.4 Å². The van der Waals surface area contributed by atoms with Crippen molar-refractivity contribution in [3.05, 3.63) is 35.4 Å².